The van der Waals surface area contributed by atoms with E-state index in [4.69, 9.17) is 0 Å². The van der Waals surface area contributed by atoms with E-state index in [2.05, 4.69) is 23.8 Å². The second-order valence-corrected chi connectivity index (χ2v) is 7.58. The van der Waals surface area contributed by atoms with Crippen molar-refractivity contribution in [1.82, 2.24) is 19.8 Å². The van der Waals surface area contributed by atoms with Gasteiger partial charge in [-0.3, -0.25) is 9.59 Å². The van der Waals surface area contributed by atoms with E-state index in [1.165, 1.54) is 0 Å². The van der Waals surface area contributed by atoms with Gasteiger partial charge in [-0.05, 0) is 44.7 Å². The Labute approximate surface area is 160 Å². The molecule has 1 atom stereocenters. The lowest BCUT2D eigenvalue weighted by Gasteiger charge is -2.30. The predicted octanol–water partition coefficient (Wildman–Crippen LogP) is 3.05. The molecule has 2 heterocycles. The summed E-state index contributed by atoms with van der Waals surface area (Å²) in [6, 6.07) is 7.43. The summed E-state index contributed by atoms with van der Waals surface area (Å²) in [6.07, 6.45) is 2.10. The minimum atomic E-state index is -0.323. The Morgan fingerprint density at radius 3 is 2.63 bits per heavy atom. The van der Waals surface area contributed by atoms with Gasteiger partial charge in [0.15, 0.2) is 0 Å². The molecule has 1 aromatic carbocycles. The Hall–Kier alpha value is -2.63. The van der Waals surface area contributed by atoms with Crippen LogP contribution in [-0.2, 0) is 16.1 Å². The first-order valence-electron chi connectivity index (χ1n) is 9.56. The van der Waals surface area contributed by atoms with Crippen molar-refractivity contribution in [2.24, 2.45) is 5.92 Å². The maximum atomic E-state index is 12.9. The fourth-order valence-corrected chi connectivity index (χ4v) is 3.47. The highest BCUT2D eigenvalue weighted by Gasteiger charge is 2.24. The monoisotopic (exact) mass is 368 g/mol. The molecule has 6 heteroatoms. The Morgan fingerprint density at radius 1 is 1.30 bits per heavy atom. The molecule has 0 saturated carbocycles. The third-order valence-corrected chi connectivity index (χ3v) is 5.24. The van der Waals surface area contributed by atoms with E-state index >= 15 is 0 Å². The van der Waals surface area contributed by atoms with Crippen LogP contribution in [0.5, 0.6) is 0 Å². The van der Waals surface area contributed by atoms with Gasteiger partial charge in [0.1, 0.15) is 12.4 Å². The molecule has 2 amide bonds. The summed E-state index contributed by atoms with van der Waals surface area (Å²) in [7, 11) is 0. The minimum Gasteiger partial charge on any atom is -0.343 e. The molecule has 2 aromatic rings. The van der Waals surface area contributed by atoms with E-state index in [-0.39, 0.29) is 24.4 Å². The van der Waals surface area contributed by atoms with Crippen LogP contribution in [0.1, 0.15) is 45.5 Å². The number of imidazole rings is 1. The molecule has 1 unspecified atom stereocenters. The third kappa shape index (κ3) is 4.21. The number of carbonyl (C=O) groups excluding carboxylic acids is 2. The summed E-state index contributed by atoms with van der Waals surface area (Å²) < 4.78 is 1.93. The SMILES string of the molecule is C=C(C)C(=O)NC(C)c1nc2ccccc2n1CC(=O)N1CCC(C)CC1. The summed E-state index contributed by atoms with van der Waals surface area (Å²) in [5.74, 6) is 1.25. The van der Waals surface area contributed by atoms with E-state index in [0.29, 0.717) is 17.3 Å². The average molecular weight is 368 g/mol. The molecule has 0 spiro atoms. The second-order valence-electron chi connectivity index (χ2n) is 7.58. The summed E-state index contributed by atoms with van der Waals surface area (Å²) in [6.45, 7) is 11.3. The zero-order chi connectivity index (χ0) is 19.6. The molecule has 27 heavy (non-hydrogen) atoms. The molecule has 3 rings (SSSR count). The van der Waals surface area contributed by atoms with Gasteiger partial charge >= 0.3 is 0 Å². The smallest absolute Gasteiger partial charge is 0.246 e. The number of amides is 2. The van der Waals surface area contributed by atoms with Crippen molar-refractivity contribution in [3.05, 3.63) is 42.2 Å². The molecule has 0 radical (unpaired) electrons. The molecule has 6 nitrogen and oxygen atoms in total. The highest BCUT2D eigenvalue weighted by Crippen LogP contribution is 2.22. The quantitative estimate of drug-likeness (QED) is 0.825. The molecule has 1 fully saturated rings. The summed E-state index contributed by atoms with van der Waals surface area (Å²) >= 11 is 0. The van der Waals surface area contributed by atoms with Gasteiger partial charge < -0.3 is 14.8 Å². The Balaban J connectivity index is 1.87. The Morgan fingerprint density at radius 2 is 1.96 bits per heavy atom. The van der Waals surface area contributed by atoms with E-state index in [0.717, 1.165) is 37.0 Å². The number of benzene rings is 1. The zero-order valence-electron chi connectivity index (χ0n) is 16.4. The normalized spacial score (nSPS) is 16.3. The average Bonchev–Trinajstić information content (AvgIpc) is 3.01. The number of hydrogen-bond acceptors (Lipinski definition) is 3. The maximum absolute atomic E-state index is 12.9. The Bertz CT molecular complexity index is 862. The van der Waals surface area contributed by atoms with Crippen LogP contribution in [0.4, 0.5) is 0 Å². The number of carbonyl (C=O) groups is 2. The van der Waals surface area contributed by atoms with Gasteiger partial charge in [0.05, 0.1) is 17.1 Å². The van der Waals surface area contributed by atoms with Crippen molar-refractivity contribution in [3.63, 3.8) is 0 Å². The predicted molar refractivity (Wildman–Crippen MR) is 106 cm³/mol. The molecule has 1 N–H and O–H groups in total. The van der Waals surface area contributed by atoms with Gasteiger partial charge in [0.25, 0.3) is 0 Å². The van der Waals surface area contributed by atoms with Crippen LogP contribution in [0.3, 0.4) is 0 Å². The van der Waals surface area contributed by atoms with E-state index in [9.17, 15) is 9.59 Å². The lowest BCUT2D eigenvalue weighted by atomic mass is 9.99. The third-order valence-electron chi connectivity index (χ3n) is 5.24. The number of fused-ring (bicyclic) bond motifs is 1. The van der Waals surface area contributed by atoms with Crippen molar-refractivity contribution >= 4 is 22.8 Å². The van der Waals surface area contributed by atoms with E-state index in [1.54, 1.807) is 6.92 Å². The molecule has 1 aliphatic rings. The molecular weight excluding hydrogens is 340 g/mol. The van der Waals surface area contributed by atoms with Crippen molar-refractivity contribution < 1.29 is 9.59 Å². The van der Waals surface area contributed by atoms with Crippen LogP contribution in [-0.4, -0.2) is 39.4 Å². The fourth-order valence-electron chi connectivity index (χ4n) is 3.47. The lowest BCUT2D eigenvalue weighted by molar-refractivity contribution is -0.133. The number of para-hydroxylation sites is 2. The zero-order valence-corrected chi connectivity index (χ0v) is 16.4. The van der Waals surface area contributed by atoms with Gasteiger partial charge in [0.2, 0.25) is 11.8 Å². The molecule has 144 valence electrons. The van der Waals surface area contributed by atoms with Gasteiger partial charge in [-0.15, -0.1) is 0 Å². The highest BCUT2D eigenvalue weighted by atomic mass is 16.2. The van der Waals surface area contributed by atoms with Crippen LogP contribution in [0.2, 0.25) is 0 Å². The van der Waals surface area contributed by atoms with Crippen molar-refractivity contribution in [2.45, 2.75) is 46.2 Å². The van der Waals surface area contributed by atoms with Crippen molar-refractivity contribution in [3.8, 4) is 0 Å². The van der Waals surface area contributed by atoms with E-state index in [1.807, 2.05) is 40.7 Å². The molecular formula is C21H28N4O2. The van der Waals surface area contributed by atoms with Gasteiger partial charge in [0, 0.05) is 18.7 Å². The maximum Gasteiger partial charge on any atom is 0.246 e. The molecule has 1 aromatic heterocycles. The first kappa shape index (κ1) is 19.1. The van der Waals surface area contributed by atoms with E-state index < -0.39 is 0 Å². The largest absolute Gasteiger partial charge is 0.343 e. The van der Waals surface area contributed by atoms with Gasteiger partial charge in [-0.2, -0.15) is 0 Å². The number of aromatic nitrogens is 2. The molecule has 0 aliphatic carbocycles. The topological polar surface area (TPSA) is 67.2 Å². The number of likely N-dealkylation sites (tertiary alicyclic amines) is 1. The molecule has 0 bridgehead atoms. The summed E-state index contributed by atoms with van der Waals surface area (Å²) in [5.41, 5.74) is 2.18. The number of rotatable bonds is 5. The van der Waals surface area contributed by atoms with Crippen molar-refractivity contribution in [1.29, 1.82) is 0 Å². The number of hydrogen-bond donors (Lipinski definition) is 1. The molecule has 1 saturated heterocycles. The first-order valence-corrected chi connectivity index (χ1v) is 9.56. The standard InChI is InChI=1S/C21H28N4O2/c1-14(2)21(27)22-16(4)20-23-17-7-5-6-8-18(17)25(20)13-19(26)24-11-9-15(3)10-12-24/h5-8,15-16H,1,9-13H2,2-4H3,(H,22,27). The van der Waals surface area contributed by atoms with Crippen molar-refractivity contribution in [2.75, 3.05) is 13.1 Å². The van der Waals surface area contributed by atoms with Gasteiger partial charge in [-0.25, -0.2) is 4.98 Å². The summed E-state index contributed by atoms with van der Waals surface area (Å²) in [5, 5.41) is 2.91. The molecule has 1 aliphatic heterocycles. The van der Waals surface area contributed by atoms with Crippen LogP contribution in [0, 0.1) is 5.92 Å². The fraction of sp³-hybridized carbons (Fsp3) is 0.476. The van der Waals surface area contributed by atoms with Crippen LogP contribution in [0.25, 0.3) is 11.0 Å². The summed E-state index contributed by atoms with van der Waals surface area (Å²) in [4.78, 5) is 31.6. The number of nitrogens with zero attached hydrogens (tertiary/aromatic N) is 3. The Kier molecular flexibility index (Phi) is 5.63. The number of nitrogens with one attached hydrogen (secondary N) is 1. The number of piperidine rings is 1. The lowest BCUT2D eigenvalue weighted by Crippen LogP contribution is -2.40. The van der Waals surface area contributed by atoms with Crippen LogP contribution in [0.15, 0.2) is 36.4 Å². The minimum absolute atomic E-state index is 0.102. The highest BCUT2D eigenvalue weighted by molar-refractivity contribution is 5.92. The van der Waals surface area contributed by atoms with Crippen LogP contribution >= 0.6 is 0 Å². The first-order chi connectivity index (χ1) is 12.9. The van der Waals surface area contributed by atoms with Gasteiger partial charge in [-0.1, -0.05) is 25.6 Å². The second kappa shape index (κ2) is 7.94. The van der Waals surface area contributed by atoms with Crippen LogP contribution < -0.4 is 5.32 Å².